The molecule has 60 valence electrons. The first-order valence-corrected chi connectivity index (χ1v) is 4.16. The van der Waals surface area contributed by atoms with E-state index in [9.17, 15) is 0 Å². The maximum Gasteiger partial charge on any atom is 0.0348 e. The summed E-state index contributed by atoms with van der Waals surface area (Å²) in [4.78, 5) is 0. The molecular weight excluding hydrogens is 134 g/mol. The molecule has 0 aliphatic heterocycles. The van der Waals surface area contributed by atoms with Crippen LogP contribution in [0.3, 0.4) is 0 Å². The number of hydrogen-bond donors (Lipinski definition) is 1. The van der Waals surface area contributed by atoms with E-state index in [0.717, 1.165) is 18.6 Å². The standard InChI is InChI=1S/C10H15N/c1-3-4-5-9-8(2)6-7-10(9)11/h3-5,8,11H,6-7H2,1-2H3/b4-3-,9-5-,11-10?. The van der Waals surface area contributed by atoms with Crippen LogP contribution in [0.4, 0.5) is 0 Å². The summed E-state index contributed by atoms with van der Waals surface area (Å²) >= 11 is 0. The average Bonchev–Trinajstić information content (AvgIpc) is 2.29. The summed E-state index contributed by atoms with van der Waals surface area (Å²) in [5.41, 5.74) is 2.05. The van der Waals surface area contributed by atoms with E-state index in [2.05, 4.69) is 13.0 Å². The van der Waals surface area contributed by atoms with Crippen molar-refractivity contribution in [3.63, 3.8) is 0 Å². The second kappa shape index (κ2) is 3.51. The van der Waals surface area contributed by atoms with Crippen LogP contribution in [0, 0.1) is 11.3 Å². The highest BCUT2D eigenvalue weighted by atomic mass is 14.5. The van der Waals surface area contributed by atoms with Crippen LogP contribution < -0.4 is 0 Å². The van der Waals surface area contributed by atoms with E-state index in [1.807, 2.05) is 19.1 Å². The van der Waals surface area contributed by atoms with E-state index in [0.29, 0.717) is 5.92 Å². The monoisotopic (exact) mass is 149 g/mol. The zero-order valence-corrected chi connectivity index (χ0v) is 7.22. The van der Waals surface area contributed by atoms with Gasteiger partial charge in [0, 0.05) is 5.71 Å². The van der Waals surface area contributed by atoms with Gasteiger partial charge in [-0.25, -0.2) is 0 Å². The van der Waals surface area contributed by atoms with E-state index >= 15 is 0 Å². The van der Waals surface area contributed by atoms with Crippen LogP contribution in [0.1, 0.15) is 26.7 Å². The van der Waals surface area contributed by atoms with Crippen LogP contribution >= 0.6 is 0 Å². The highest BCUT2D eigenvalue weighted by Gasteiger charge is 2.20. The van der Waals surface area contributed by atoms with Crippen LogP contribution in [0.2, 0.25) is 0 Å². The SMILES string of the molecule is C/C=C\C=C1/C(=N)CCC1C. The first-order chi connectivity index (χ1) is 5.25. The Bertz CT molecular complexity index is 211. The molecule has 0 amide bonds. The first-order valence-electron chi connectivity index (χ1n) is 4.16. The molecule has 0 saturated heterocycles. The molecule has 0 heterocycles. The number of nitrogens with one attached hydrogen (secondary N) is 1. The van der Waals surface area contributed by atoms with Crippen molar-refractivity contribution in [2.75, 3.05) is 0 Å². The Morgan fingerprint density at radius 3 is 2.73 bits per heavy atom. The summed E-state index contributed by atoms with van der Waals surface area (Å²) in [5, 5.41) is 7.61. The molecule has 1 aliphatic carbocycles. The fourth-order valence-corrected chi connectivity index (χ4v) is 1.42. The molecule has 0 radical (unpaired) electrons. The molecule has 1 heteroatoms. The lowest BCUT2D eigenvalue weighted by molar-refractivity contribution is 0.698. The molecule has 1 N–H and O–H groups in total. The van der Waals surface area contributed by atoms with Crippen LogP contribution in [-0.4, -0.2) is 5.71 Å². The van der Waals surface area contributed by atoms with Crippen molar-refractivity contribution in [2.45, 2.75) is 26.7 Å². The number of rotatable bonds is 1. The Hall–Kier alpha value is -0.850. The lowest BCUT2D eigenvalue weighted by atomic mass is 10.0. The second-order valence-electron chi connectivity index (χ2n) is 3.07. The Morgan fingerprint density at radius 1 is 1.55 bits per heavy atom. The van der Waals surface area contributed by atoms with E-state index in [1.54, 1.807) is 0 Å². The molecule has 1 fully saturated rings. The molecule has 0 spiro atoms. The van der Waals surface area contributed by atoms with Gasteiger partial charge in [-0.2, -0.15) is 0 Å². The zero-order chi connectivity index (χ0) is 8.27. The van der Waals surface area contributed by atoms with E-state index in [4.69, 9.17) is 5.41 Å². The third-order valence-electron chi connectivity index (χ3n) is 2.17. The summed E-state index contributed by atoms with van der Waals surface area (Å²) in [6, 6.07) is 0. The molecular formula is C10H15N. The van der Waals surface area contributed by atoms with E-state index in [-0.39, 0.29) is 0 Å². The smallest absolute Gasteiger partial charge is 0.0348 e. The summed E-state index contributed by atoms with van der Waals surface area (Å²) in [6.45, 7) is 4.19. The van der Waals surface area contributed by atoms with Crippen LogP contribution in [-0.2, 0) is 0 Å². The maximum absolute atomic E-state index is 7.61. The molecule has 0 aromatic carbocycles. The predicted octanol–water partition coefficient (Wildman–Crippen LogP) is 2.94. The third kappa shape index (κ3) is 1.79. The lowest BCUT2D eigenvalue weighted by Crippen LogP contribution is -1.95. The van der Waals surface area contributed by atoms with Gasteiger partial charge in [0.05, 0.1) is 0 Å². The predicted molar refractivity (Wildman–Crippen MR) is 49.0 cm³/mol. The van der Waals surface area contributed by atoms with Crippen LogP contribution in [0.15, 0.2) is 23.8 Å². The minimum atomic E-state index is 0.596. The minimum absolute atomic E-state index is 0.596. The molecule has 0 bridgehead atoms. The van der Waals surface area contributed by atoms with Gasteiger partial charge in [-0.05, 0) is 31.3 Å². The van der Waals surface area contributed by atoms with Gasteiger partial charge in [-0.3, -0.25) is 0 Å². The maximum atomic E-state index is 7.61. The molecule has 1 rings (SSSR count). The quantitative estimate of drug-likeness (QED) is 0.592. The Kier molecular flexibility index (Phi) is 2.64. The van der Waals surface area contributed by atoms with Crippen molar-refractivity contribution in [2.24, 2.45) is 5.92 Å². The third-order valence-corrected chi connectivity index (χ3v) is 2.17. The fourth-order valence-electron chi connectivity index (χ4n) is 1.42. The van der Waals surface area contributed by atoms with Gasteiger partial charge >= 0.3 is 0 Å². The van der Waals surface area contributed by atoms with Gasteiger partial charge < -0.3 is 5.41 Å². The largest absolute Gasteiger partial charge is 0.305 e. The molecule has 0 aromatic rings. The van der Waals surface area contributed by atoms with Crippen molar-refractivity contribution in [3.05, 3.63) is 23.8 Å². The molecule has 11 heavy (non-hydrogen) atoms. The van der Waals surface area contributed by atoms with Crippen molar-refractivity contribution in [3.8, 4) is 0 Å². The van der Waals surface area contributed by atoms with Gasteiger partial charge in [0.2, 0.25) is 0 Å². The van der Waals surface area contributed by atoms with Gasteiger partial charge in [-0.1, -0.05) is 25.2 Å². The van der Waals surface area contributed by atoms with Gasteiger partial charge in [0.1, 0.15) is 0 Å². The summed E-state index contributed by atoms with van der Waals surface area (Å²) < 4.78 is 0. The van der Waals surface area contributed by atoms with Crippen molar-refractivity contribution >= 4 is 5.71 Å². The topological polar surface area (TPSA) is 23.9 Å². The first kappa shape index (κ1) is 8.25. The molecule has 1 nitrogen and oxygen atoms in total. The Morgan fingerprint density at radius 2 is 2.27 bits per heavy atom. The summed E-state index contributed by atoms with van der Waals surface area (Å²) in [7, 11) is 0. The molecule has 1 aliphatic rings. The molecule has 1 unspecified atom stereocenters. The van der Waals surface area contributed by atoms with Gasteiger partial charge in [0.25, 0.3) is 0 Å². The van der Waals surface area contributed by atoms with Crippen molar-refractivity contribution in [1.82, 2.24) is 0 Å². The summed E-state index contributed by atoms with van der Waals surface area (Å²) in [5.74, 6) is 0.596. The van der Waals surface area contributed by atoms with E-state index in [1.165, 1.54) is 5.57 Å². The molecule has 1 saturated carbocycles. The highest BCUT2D eigenvalue weighted by molar-refractivity contribution is 6.00. The second-order valence-corrected chi connectivity index (χ2v) is 3.07. The summed E-state index contributed by atoms with van der Waals surface area (Å²) in [6.07, 6.45) is 8.21. The fraction of sp³-hybridized carbons (Fsp3) is 0.500. The van der Waals surface area contributed by atoms with Crippen molar-refractivity contribution < 1.29 is 0 Å². The van der Waals surface area contributed by atoms with Crippen molar-refractivity contribution in [1.29, 1.82) is 5.41 Å². The molecule has 1 atom stereocenters. The number of hydrogen-bond acceptors (Lipinski definition) is 1. The Balaban J connectivity index is 2.75. The number of allylic oxidation sites excluding steroid dienone is 4. The Labute approximate surface area is 68.3 Å². The average molecular weight is 149 g/mol. The minimum Gasteiger partial charge on any atom is -0.305 e. The van der Waals surface area contributed by atoms with Gasteiger partial charge in [0.15, 0.2) is 0 Å². The normalized spacial score (nSPS) is 29.1. The van der Waals surface area contributed by atoms with E-state index < -0.39 is 0 Å². The zero-order valence-electron chi connectivity index (χ0n) is 7.22. The van der Waals surface area contributed by atoms with Crippen LogP contribution in [0.5, 0.6) is 0 Å². The highest BCUT2D eigenvalue weighted by Crippen LogP contribution is 2.27. The van der Waals surface area contributed by atoms with Gasteiger partial charge in [-0.15, -0.1) is 0 Å². The molecule has 0 aromatic heterocycles. The van der Waals surface area contributed by atoms with Crippen LogP contribution in [0.25, 0.3) is 0 Å². The lowest BCUT2D eigenvalue weighted by Gasteiger charge is -2.01.